The molecule has 0 amide bonds. The highest BCUT2D eigenvalue weighted by atomic mass is 16.5. The van der Waals surface area contributed by atoms with Crippen LogP contribution in [0.5, 0.6) is 0 Å². The molecule has 126 valence electrons. The van der Waals surface area contributed by atoms with Gasteiger partial charge in [0, 0.05) is 38.4 Å². The van der Waals surface area contributed by atoms with Crippen molar-refractivity contribution in [1.82, 2.24) is 10.2 Å². The van der Waals surface area contributed by atoms with Gasteiger partial charge in [0.1, 0.15) is 0 Å². The number of ether oxygens (including phenoxy) is 1. The summed E-state index contributed by atoms with van der Waals surface area (Å²) in [6, 6.07) is 8.63. The van der Waals surface area contributed by atoms with Crippen molar-refractivity contribution in [2.24, 2.45) is 4.99 Å². The molecule has 2 fully saturated rings. The van der Waals surface area contributed by atoms with E-state index in [2.05, 4.69) is 46.3 Å². The van der Waals surface area contributed by atoms with Gasteiger partial charge in [0.05, 0.1) is 19.8 Å². The second-order valence-corrected chi connectivity index (χ2v) is 6.09. The Morgan fingerprint density at radius 3 is 2.61 bits per heavy atom. The van der Waals surface area contributed by atoms with Crippen LogP contribution in [-0.2, 0) is 11.3 Å². The van der Waals surface area contributed by atoms with Gasteiger partial charge in [0.25, 0.3) is 0 Å². The van der Waals surface area contributed by atoms with Gasteiger partial charge in [-0.3, -0.25) is 0 Å². The van der Waals surface area contributed by atoms with Crippen molar-refractivity contribution in [2.45, 2.75) is 26.3 Å². The molecular weight excluding hydrogens is 288 g/mol. The summed E-state index contributed by atoms with van der Waals surface area (Å²) in [5, 5.41) is 3.44. The van der Waals surface area contributed by atoms with Crippen molar-refractivity contribution in [3.63, 3.8) is 0 Å². The number of hydrogen-bond donors (Lipinski definition) is 1. The van der Waals surface area contributed by atoms with Crippen molar-refractivity contribution in [2.75, 3.05) is 50.8 Å². The summed E-state index contributed by atoms with van der Waals surface area (Å²) in [5.41, 5.74) is 2.60. The summed E-state index contributed by atoms with van der Waals surface area (Å²) in [6.07, 6.45) is 2.55. The summed E-state index contributed by atoms with van der Waals surface area (Å²) in [4.78, 5) is 9.68. The van der Waals surface area contributed by atoms with Gasteiger partial charge in [-0.1, -0.05) is 18.2 Å². The molecule has 2 aliphatic rings. The zero-order chi connectivity index (χ0) is 15.9. The molecule has 2 aliphatic heterocycles. The Hall–Kier alpha value is -1.75. The molecule has 2 saturated heterocycles. The lowest BCUT2D eigenvalue weighted by Gasteiger charge is -2.30. The lowest BCUT2D eigenvalue weighted by atomic mass is 10.1. The third-order valence-corrected chi connectivity index (χ3v) is 4.48. The standard InChI is InChI=1S/C18H28N4O/c1-2-19-18(22-9-5-6-10-22)20-15-16-7-3-4-8-17(16)21-11-13-23-14-12-21/h3-4,7-8H,2,5-6,9-15H2,1H3,(H,19,20). The molecule has 23 heavy (non-hydrogen) atoms. The number of nitrogens with one attached hydrogen (secondary N) is 1. The van der Waals surface area contributed by atoms with Gasteiger partial charge in [-0.25, -0.2) is 4.99 Å². The van der Waals surface area contributed by atoms with E-state index < -0.39 is 0 Å². The number of nitrogens with zero attached hydrogens (tertiary/aromatic N) is 3. The van der Waals surface area contributed by atoms with Crippen LogP contribution in [0.4, 0.5) is 5.69 Å². The van der Waals surface area contributed by atoms with Crippen molar-refractivity contribution in [3.8, 4) is 0 Å². The molecule has 1 N–H and O–H groups in total. The van der Waals surface area contributed by atoms with Crippen molar-refractivity contribution >= 4 is 11.6 Å². The number of para-hydroxylation sites is 1. The van der Waals surface area contributed by atoms with Crippen LogP contribution < -0.4 is 10.2 Å². The smallest absolute Gasteiger partial charge is 0.194 e. The fourth-order valence-corrected chi connectivity index (χ4v) is 3.27. The molecule has 0 bridgehead atoms. The number of aliphatic imine (C=N–C) groups is 1. The van der Waals surface area contributed by atoms with Gasteiger partial charge >= 0.3 is 0 Å². The van der Waals surface area contributed by atoms with Crippen LogP contribution in [0.2, 0.25) is 0 Å². The van der Waals surface area contributed by atoms with Gasteiger partial charge in [0.15, 0.2) is 5.96 Å². The average molecular weight is 316 g/mol. The third-order valence-electron chi connectivity index (χ3n) is 4.48. The minimum absolute atomic E-state index is 0.729. The monoisotopic (exact) mass is 316 g/mol. The highest BCUT2D eigenvalue weighted by molar-refractivity contribution is 5.80. The Balaban J connectivity index is 1.74. The number of likely N-dealkylation sites (tertiary alicyclic amines) is 1. The maximum Gasteiger partial charge on any atom is 0.194 e. The largest absolute Gasteiger partial charge is 0.378 e. The van der Waals surface area contributed by atoms with Gasteiger partial charge < -0.3 is 19.9 Å². The maximum absolute atomic E-state index is 5.47. The van der Waals surface area contributed by atoms with E-state index in [0.717, 1.165) is 58.4 Å². The zero-order valence-electron chi connectivity index (χ0n) is 14.1. The molecular formula is C18H28N4O. The first-order valence-electron chi connectivity index (χ1n) is 8.82. The molecule has 0 aliphatic carbocycles. The Bertz CT molecular complexity index is 520. The molecule has 3 rings (SSSR count). The minimum Gasteiger partial charge on any atom is -0.378 e. The second kappa shape index (κ2) is 8.20. The van der Waals surface area contributed by atoms with E-state index in [0.29, 0.717) is 0 Å². The summed E-state index contributed by atoms with van der Waals surface area (Å²) in [7, 11) is 0. The topological polar surface area (TPSA) is 40.1 Å². The summed E-state index contributed by atoms with van der Waals surface area (Å²) >= 11 is 0. The Morgan fingerprint density at radius 2 is 1.87 bits per heavy atom. The second-order valence-electron chi connectivity index (χ2n) is 6.09. The molecule has 0 aromatic heterocycles. The molecule has 0 saturated carbocycles. The Morgan fingerprint density at radius 1 is 1.13 bits per heavy atom. The highest BCUT2D eigenvalue weighted by Gasteiger charge is 2.17. The van der Waals surface area contributed by atoms with Crippen molar-refractivity contribution < 1.29 is 4.74 Å². The molecule has 1 aromatic rings. The fourth-order valence-electron chi connectivity index (χ4n) is 3.27. The van der Waals surface area contributed by atoms with E-state index in [1.807, 2.05) is 0 Å². The molecule has 2 heterocycles. The van der Waals surface area contributed by atoms with Crippen LogP contribution in [0, 0.1) is 0 Å². The van der Waals surface area contributed by atoms with Crippen LogP contribution in [0.1, 0.15) is 25.3 Å². The third kappa shape index (κ3) is 4.16. The van der Waals surface area contributed by atoms with E-state index in [9.17, 15) is 0 Å². The number of benzene rings is 1. The summed E-state index contributed by atoms with van der Waals surface area (Å²) in [5.74, 6) is 1.06. The van der Waals surface area contributed by atoms with E-state index in [1.54, 1.807) is 0 Å². The van der Waals surface area contributed by atoms with Crippen LogP contribution in [0.25, 0.3) is 0 Å². The molecule has 0 radical (unpaired) electrons. The normalized spacial score (nSPS) is 19.3. The molecule has 0 spiro atoms. The minimum atomic E-state index is 0.729. The van der Waals surface area contributed by atoms with E-state index in [1.165, 1.54) is 24.1 Å². The van der Waals surface area contributed by atoms with Crippen LogP contribution in [0.15, 0.2) is 29.3 Å². The lowest BCUT2D eigenvalue weighted by Crippen LogP contribution is -2.39. The van der Waals surface area contributed by atoms with E-state index in [4.69, 9.17) is 9.73 Å². The predicted molar refractivity (Wildman–Crippen MR) is 95.1 cm³/mol. The maximum atomic E-state index is 5.47. The Labute approximate surface area is 139 Å². The molecule has 5 nitrogen and oxygen atoms in total. The number of anilines is 1. The van der Waals surface area contributed by atoms with Crippen molar-refractivity contribution in [3.05, 3.63) is 29.8 Å². The van der Waals surface area contributed by atoms with Gasteiger partial charge in [-0.15, -0.1) is 0 Å². The quantitative estimate of drug-likeness (QED) is 0.682. The first-order valence-corrected chi connectivity index (χ1v) is 8.82. The summed E-state index contributed by atoms with van der Waals surface area (Å²) in [6.45, 7) is 9.58. The average Bonchev–Trinajstić information content (AvgIpc) is 3.14. The highest BCUT2D eigenvalue weighted by Crippen LogP contribution is 2.22. The van der Waals surface area contributed by atoms with Crippen LogP contribution >= 0.6 is 0 Å². The fraction of sp³-hybridized carbons (Fsp3) is 0.611. The number of guanidine groups is 1. The van der Waals surface area contributed by atoms with Crippen LogP contribution in [-0.4, -0.2) is 56.8 Å². The van der Waals surface area contributed by atoms with E-state index >= 15 is 0 Å². The summed E-state index contributed by atoms with van der Waals surface area (Å²) < 4.78 is 5.47. The Kier molecular flexibility index (Phi) is 5.75. The molecule has 5 heteroatoms. The number of hydrogen-bond acceptors (Lipinski definition) is 3. The van der Waals surface area contributed by atoms with Gasteiger partial charge in [-0.05, 0) is 31.4 Å². The number of morpholine rings is 1. The predicted octanol–water partition coefficient (Wildman–Crippen LogP) is 2.08. The van der Waals surface area contributed by atoms with Gasteiger partial charge in [-0.2, -0.15) is 0 Å². The SMILES string of the molecule is CCNC(=NCc1ccccc1N1CCOCC1)N1CCCC1. The number of rotatable bonds is 4. The lowest BCUT2D eigenvalue weighted by molar-refractivity contribution is 0.122. The van der Waals surface area contributed by atoms with Gasteiger partial charge in [0.2, 0.25) is 0 Å². The first-order chi connectivity index (χ1) is 11.4. The van der Waals surface area contributed by atoms with Crippen LogP contribution in [0.3, 0.4) is 0 Å². The van der Waals surface area contributed by atoms with Crippen molar-refractivity contribution in [1.29, 1.82) is 0 Å². The molecule has 0 unspecified atom stereocenters. The first kappa shape index (κ1) is 16.1. The molecule has 0 atom stereocenters. The zero-order valence-corrected chi connectivity index (χ0v) is 14.1. The van der Waals surface area contributed by atoms with E-state index in [-0.39, 0.29) is 0 Å². The molecule has 1 aromatic carbocycles.